The number of nitrogens with zero attached hydrogens (tertiary/aromatic N) is 8. The maximum Gasteiger partial charge on any atom is 0.229 e. The number of amides is 2. The highest BCUT2D eigenvalue weighted by Gasteiger charge is 2.38. The number of aryl methyl sites for hydroxylation is 1. The van der Waals surface area contributed by atoms with E-state index in [1.807, 2.05) is 16.7 Å². The minimum absolute atomic E-state index is 0.0333. The molecule has 2 aliphatic rings. The molecule has 10 heteroatoms. The van der Waals surface area contributed by atoms with E-state index in [4.69, 9.17) is 0 Å². The molecule has 0 atom stereocenters. The lowest BCUT2D eigenvalue weighted by molar-refractivity contribution is -0.139. The molecule has 2 aliphatic heterocycles. The highest BCUT2D eigenvalue weighted by atomic mass is 16.2. The molecule has 0 aromatic carbocycles. The van der Waals surface area contributed by atoms with Gasteiger partial charge in [0.05, 0.1) is 5.92 Å². The molecule has 4 rings (SSSR count). The third-order valence-corrected chi connectivity index (χ3v) is 4.89. The number of piperazine rings is 1. The van der Waals surface area contributed by atoms with Gasteiger partial charge in [-0.2, -0.15) is 0 Å². The summed E-state index contributed by atoms with van der Waals surface area (Å²) in [5.74, 6) is 0.859. The number of carbonyl (C=O) groups excluding carboxylic acids is 2. The lowest BCUT2D eigenvalue weighted by atomic mass is 9.98. The van der Waals surface area contributed by atoms with Crippen molar-refractivity contribution in [3.63, 3.8) is 0 Å². The fourth-order valence-electron chi connectivity index (χ4n) is 3.34. The Labute approximate surface area is 144 Å². The molecule has 0 radical (unpaired) electrons. The van der Waals surface area contributed by atoms with Crippen LogP contribution in [0.15, 0.2) is 6.33 Å². The van der Waals surface area contributed by atoms with Gasteiger partial charge in [-0.25, -0.2) is 14.6 Å². The predicted octanol–water partition coefficient (Wildman–Crippen LogP) is -1.02. The molecule has 0 bridgehead atoms. The zero-order chi connectivity index (χ0) is 17.4. The Hall–Kier alpha value is -2.78. The van der Waals surface area contributed by atoms with E-state index in [0.29, 0.717) is 57.0 Å². The van der Waals surface area contributed by atoms with Gasteiger partial charge >= 0.3 is 0 Å². The van der Waals surface area contributed by atoms with Crippen molar-refractivity contribution in [1.82, 2.24) is 34.8 Å². The normalized spacial score (nSPS) is 18.5. The molecule has 4 heterocycles. The molecule has 2 aromatic heterocycles. The monoisotopic (exact) mass is 344 g/mol. The van der Waals surface area contributed by atoms with Crippen molar-refractivity contribution in [2.45, 2.75) is 13.5 Å². The summed E-state index contributed by atoms with van der Waals surface area (Å²) in [4.78, 5) is 37.5. The Morgan fingerprint density at radius 1 is 1.24 bits per heavy atom. The van der Waals surface area contributed by atoms with E-state index in [0.717, 1.165) is 12.2 Å². The fraction of sp³-hybridized carbons (Fsp3) is 0.600. The van der Waals surface area contributed by atoms with Gasteiger partial charge in [0, 0.05) is 45.8 Å². The minimum Gasteiger partial charge on any atom is -0.353 e. The smallest absolute Gasteiger partial charge is 0.229 e. The van der Waals surface area contributed by atoms with Gasteiger partial charge in [0.15, 0.2) is 17.0 Å². The van der Waals surface area contributed by atoms with Crippen molar-refractivity contribution < 1.29 is 9.59 Å². The van der Waals surface area contributed by atoms with Crippen LogP contribution in [-0.2, 0) is 16.1 Å². The molecule has 2 amide bonds. The molecular formula is C15H20N8O2. The van der Waals surface area contributed by atoms with Crippen LogP contribution >= 0.6 is 0 Å². The number of anilines is 1. The first-order valence-electron chi connectivity index (χ1n) is 8.48. The summed E-state index contributed by atoms with van der Waals surface area (Å²) in [5, 5.41) is 8.27. The van der Waals surface area contributed by atoms with Gasteiger partial charge in [-0.3, -0.25) is 9.59 Å². The maximum atomic E-state index is 12.6. The Morgan fingerprint density at radius 2 is 2.00 bits per heavy atom. The predicted molar refractivity (Wildman–Crippen MR) is 88.7 cm³/mol. The van der Waals surface area contributed by atoms with Gasteiger partial charge in [-0.1, -0.05) is 5.21 Å². The molecule has 0 saturated carbocycles. The van der Waals surface area contributed by atoms with Crippen LogP contribution in [0.5, 0.6) is 0 Å². The van der Waals surface area contributed by atoms with E-state index in [1.54, 1.807) is 9.58 Å². The summed E-state index contributed by atoms with van der Waals surface area (Å²) in [6, 6.07) is 0. The summed E-state index contributed by atoms with van der Waals surface area (Å²) in [6.07, 6.45) is 2.36. The Balaban J connectivity index is 1.41. The molecular weight excluding hydrogens is 324 g/mol. The van der Waals surface area contributed by atoms with Crippen LogP contribution in [0.2, 0.25) is 0 Å². The highest BCUT2D eigenvalue weighted by Crippen LogP contribution is 2.28. The van der Waals surface area contributed by atoms with E-state index in [9.17, 15) is 9.59 Å². The molecule has 0 unspecified atom stereocenters. The first-order chi connectivity index (χ1) is 12.2. The number of fused-ring (bicyclic) bond motifs is 1. The summed E-state index contributed by atoms with van der Waals surface area (Å²) in [7, 11) is 0. The first-order valence-corrected chi connectivity index (χ1v) is 8.48. The summed E-state index contributed by atoms with van der Waals surface area (Å²) < 4.78 is 1.73. The first kappa shape index (κ1) is 15.7. The van der Waals surface area contributed by atoms with Crippen LogP contribution in [-0.4, -0.2) is 86.3 Å². The zero-order valence-corrected chi connectivity index (χ0v) is 14.1. The molecule has 25 heavy (non-hydrogen) atoms. The zero-order valence-electron chi connectivity index (χ0n) is 14.1. The molecule has 0 spiro atoms. The molecule has 2 saturated heterocycles. The number of hydrogen-bond donors (Lipinski definition) is 0. The lowest BCUT2D eigenvalue weighted by Crippen LogP contribution is -2.58. The van der Waals surface area contributed by atoms with E-state index in [-0.39, 0.29) is 11.8 Å². The van der Waals surface area contributed by atoms with Crippen molar-refractivity contribution in [2.75, 3.05) is 44.2 Å². The van der Waals surface area contributed by atoms with E-state index >= 15 is 0 Å². The Bertz CT molecular complexity index is 792. The van der Waals surface area contributed by atoms with Gasteiger partial charge in [0.25, 0.3) is 0 Å². The number of rotatable bonds is 4. The molecule has 0 aliphatic carbocycles. The topological polar surface area (TPSA) is 100 Å². The SMILES string of the molecule is CCn1nnc2c(N3CC(C(=O)N4CCN(C=O)CC4)C3)ncnc21. The third-order valence-electron chi connectivity index (χ3n) is 4.89. The van der Waals surface area contributed by atoms with E-state index in [2.05, 4.69) is 20.3 Å². The maximum absolute atomic E-state index is 12.6. The van der Waals surface area contributed by atoms with Crippen molar-refractivity contribution in [2.24, 2.45) is 5.92 Å². The second-order valence-corrected chi connectivity index (χ2v) is 6.34. The second-order valence-electron chi connectivity index (χ2n) is 6.34. The molecule has 132 valence electrons. The summed E-state index contributed by atoms with van der Waals surface area (Å²) in [5.41, 5.74) is 1.39. The van der Waals surface area contributed by atoms with E-state index in [1.165, 1.54) is 6.33 Å². The van der Waals surface area contributed by atoms with Gasteiger partial charge in [0.2, 0.25) is 12.3 Å². The van der Waals surface area contributed by atoms with Crippen LogP contribution in [0.3, 0.4) is 0 Å². The Kier molecular flexibility index (Phi) is 3.94. The second kappa shape index (κ2) is 6.26. The van der Waals surface area contributed by atoms with Crippen molar-refractivity contribution in [3.05, 3.63) is 6.33 Å². The standard InChI is InChI=1S/C15H20N8O2/c1-2-23-14-12(18-19-23)13(16-9-17-14)22-7-11(8-22)15(25)21-5-3-20(10-24)4-6-21/h9-11H,2-8H2,1H3. The van der Waals surface area contributed by atoms with Gasteiger partial charge in [-0.15, -0.1) is 5.10 Å². The third kappa shape index (κ3) is 2.67. The Morgan fingerprint density at radius 3 is 2.68 bits per heavy atom. The molecule has 2 aromatic rings. The fourth-order valence-corrected chi connectivity index (χ4v) is 3.34. The van der Waals surface area contributed by atoms with Crippen molar-refractivity contribution >= 4 is 29.3 Å². The van der Waals surface area contributed by atoms with Crippen LogP contribution in [0.4, 0.5) is 5.82 Å². The number of aromatic nitrogens is 5. The van der Waals surface area contributed by atoms with E-state index < -0.39 is 0 Å². The van der Waals surface area contributed by atoms with Crippen LogP contribution < -0.4 is 4.90 Å². The molecule has 10 nitrogen and oxygen atoms in total. The molecule has 0 N–H and O–H groups in total. The highest BCUT2D eigenvalue weighted by molar-refractivity contribution is 5.86. The van der Waals surface area contributed by atoms with Crippen LogP contribution in [0, 0.1) is 5.92 Å². The minimum atomic E-state index is -0.0333. The van der Waals surface area contributed by atoms with Gasteiger partial charge in [0.1, 0.15) is 6.33 Å². The average molecular weight is 344 g/mol. The van der Waals surface area contributed by atoms with Gasteiger partial charge < -0.3 is 14.7 Å². The van der Waals surface area contributed by atoms with Gasteiger partial charge in [-0.05, 0) is 6.92 Å². The van der Waals surface area contributed by atoms with Crippen LogP contribution in [0.25, 0.3) is 11.2 Å². The van der Waals surface area contributed by atoms with Crippen molar-refractivity contribution in [3.8, 4) is 0 Å². The molecule has 2 fully saturated rings. The summed E-state index contributed by atoms with van der Waals surface area (Å²) in [6.45, 7) is 6.36. The average Bonchev–Trinajstić information content (AvgIpc) is 3.04. The lowest BCUT2D eigenvalue weighted by Gasteiger charge is -2.42. The quantitative estimate of drug-likeness (QED) is 0.654. The number of carbonyl (C=O) groups is 2. The summed E-state index contributed by atoms with van der Waals surface area (Å²) >= 11 is 0. The van der Waals surface area contributed by atoms with Crippen LogP contribution in [0.1, 0.15) is 6.92 Å². The number of hydrogen-bond acceptors (Lipinski definition) is 7. The largest absolute Gasteiger partial charge is 0.353 e. The van der Waals surface area contributed by atoms with Crippen molar-refractivity contribution in [1.29, 1.82) is 0 Å².